The van der Waals surface area contributed by atoms with E-state index in [1.54, 1.807) is 11.3 Å². The Hall–Kier alpha value is -2.77. The van der Waals surface area contributed by atoms with E-state index in [1.807, 2.05) is 6.20 Å². The summed E-state index contributed by atoms with van der Waals surface area (Å²) in [6.07, 6.45) is 3.65. The van der Waals surface area contributed by atoms with Crippen LogP contribution in [-0.4, -0.2) is 40.8 Å². The van der Waals surface area contributed by atoms with E-state index in [2.05, 4.69) is 84.3 Å². The molecule has 0 spiro atoms. The Bertz CT molecular complexity index is 1050. The summed E-state index contributed by atoms with van der Waals surface area (Å²) in [4.78, 5) is 18.7. The van der Waals surface area contributed by atoms with Crippen molar-refractivity contribution in [1.29, 1.82) is 0 Å². The van der Waals surface area contributed by atoms with Gasteiger partial charge in [-0.25, -0.2) is 15.0 Å². The van der Waals surface area contributed by atoms with E-state index in [4.69, 9.17) is 9.98 Å². The summed E-state index contributed by atoms with van der Waals surface area (Å²) >= 11 is 1.59. The van der Waals surface area contributed by atoms with Crippen LogP contribution < -0.4 is 10.2 Å². The summed E-state index contributed by atoms with van der Waals surface area (Å²) in [7, 11) is 2.08. The molecule has 0 saturated carbocycles. The molecule has 1 aliphatic rings. The van der Waals surface area contributed by atoms with Gasteiger partial charge in [0.05, 0.1) is 5.69 Å². The summed E-state index contributed by atoms with van der Waals surface area (Å²) in [6.45, 7) is 9.49. The molecular weight excluding hydrogens is 404 g/mol. The molecule has 0 amide bonds. The molecule has 7 heteroatoms. The molecule has 1 aliphatic heterocycles. The monoisotopic (exact) mass is 434 g/mol. The number of thiazole rings is 1. The van der Waals surface area contributed by atoms with E-state index in [1.165, 1.54) is 11.1 Å². The maximum absolute atomic E-state index is 4.92. The molecule has 2 aromatic heterocycles. The van der Waals surface area contributed by atoms with Crippen molar-refractivity contribution < 1.29 is 0 Å². The summed E-state index contributed by atoms with van der Waals surface area (Å²) < 4.78 is 0. The highest BCUT2D eigenvalue weighted by molar-refractivity contribution is 7.19. The van der Waals surface area contributed by atoms with Crippen LogP contribution in [0.15, 0.2) is 47.6 Å². The van der Waals surface area contributed by atoms with Crippen LogP contribution in [0.25, 0.3) is 0 Å². The molecule has 162 valence electrons. The van der Waals surface area contributed by atoms with Gasteiger partial charge in [-0.2, -0.15) is 0 Å². The number of amidine groups is 1. The second-order valence-corrected chi connectivity index (χ2v) is 8.81. The minimum atomic E-state index is 0.830. The molecule has 31 heavy (non-hydrogen) atoms. The lowest BCUT2D eigenvalue weighted by Crippen LogP contribution is -2.27. The number of hydrogen-bond donors (Lipinski definition) is 1. The number of hydrogen-bond acceptors (Lipinski definition) is 7. The van der Waals surface area contributed by atoms with E-state index in [-0.39, 0.29) is 0 Å². The maximum atomic E-state index is 4.92. The number of aliphatic imine (C=N–C) groups is 1. The first-order valence-electron chi connectivity index (χ1n) is 10.9. The Morgan fingerprint density at radius 2 is 1.84 bits per heavy atom. The van der Waals surface area contributed by atoms with Crippen LogP contribution >= 0.6 is 11.3 Å². The molecule has 1 N–H and O–H groups in total. The lowest BCUT2D eigenvalue weighted by Gasteiger charge is -2.23. The summed E-state index contributed by atoms with van der Waals surface area (Å²) in [5.74, 6) is 1.91. The van der Waals surface area contributed by atoms with Gasteiger partial charge in [-0.05, 0) is 56.3 Å². The lowest BCUT2D eigenvalue weighted by atomic mass is 10.1. The number of nitrogens with zero attached hydrogens (tertiary/aromatic N) is 5. The molecule has 4 rings (SSSR count). The predicted octanol–water partition coefficient (Wildman–Crippen LogP) is 5.54. The number of rotatable bonds is 7. The Balaban J connectivity index is 1.49. The number of pyridine rings is 1. The second-order valence-electron chi connectivity index (χ2n) is 7.83. The molecule has 0 radical (unpaired) electrons. The van der Waals surface area contributed by atoms with Crippen molar-refractivity contribution in [1.82, 2.24) is 14.9 Å². The molecule has 0 aliphatic carbocycles. The molecular formula is C24H30N6S. The van der Waals surface area contributed by atoms with E-state index < -0.39 is 0 Å². The van der Waals surface area contributed by atoms with Crippen LogP contribution in [0.4, 0.5) is 21.6 Å². The molecule has 0 saturated heterocycles. The number of fused-ring (bicyclic) bond motifs is 1. The van der Waals surface area contributed by atoms with E-state index >= 15 is 0 Å². The summed E-state index contributed by atoms with van der Waals surface area (Å²) in [5, 5.41) is 5.22. The smallest absolute Gasteiger partial charge is 0.190 e. The quantitative estimate of drug-likeness (QED) is 0.529. The maximum Gasteiger partial charge on any atom is 0.190 e. The van der Waals surface area contributed by atoms with Crippen molar-refractivity contribution in [2.45, 2.75) is 40.2 Å². The predicted molar refractivity (Wildman–Crippen MR) is 131 cm³/mol. The average Bonchev–Trinajstić information content (AvgIpc) is 3.19. The van der Waals surface area contributed by atoms with Gasteiger partial charge < -0.3 is 10.2 Å². The number of benzene rings is 1. The van der Waals surface area contributed by atoms with Crippen LogP contribution in [0.3, 0.4) is 0 Å². The van der Waals surface area contributed by atoms with Crippen LogP contribution in [0.5, 0.6) is 0 Å². The average molecular weight is 435 g/mol. The Morgan fingerprint density at radius 1 is 1.06 bits per heavy atom. The fraction of sp³-hybridized carbons (Fsp3) is 0.375. The van der Waals surface area contributed by atoms with Gasteiger partial charge in [-0.3, -0.25) is 4.90 Å². The standard InChI is InChI=1S/C24H30N6S/c1-5-30(6-2)16-18-13-14-25-21(15-18)27-24-26-20-11-12-22(28-23(20)31-24)29(4)19-9-7-17(3)8-10-19/h7-10,13-15H,5-6,11-12,16H2,1-4H3,(H,25,26,27). The van der Waals surface area contributed by atoms with Crippen molar-refractivity contribution in [3.63, 3.8) is 0 Å². The minimum Gasteiger partial charge on any atom is -0.333 e. The summed E-state index contributed by atoms with van der Waals surface area (Å²) in [5.41, 5.74) is 4.73. The van der Waals surface area contributed by atoms with E-state index in [0.717, 1.165) is 65.6 Å². The first kappa shape index (κ1) is 21.5. The summed E-state index contributed by atoms with van der Waals surface area (Å²) in [6, 6.07) is 12.7. The third kappa shape index (κ3) is 5.11. The van der Waals surface area contributed by atoms with Gasteiger partial charge in [0, 0.05) is 31.9 Å². The zero-order chi connectivity index (χ0) is 21.8. The molecule has 0 fully saturated rings. The zero-order valence-electron chi connectivity index (χ0n) is 18.7. The van der Waals surface area contributed by atoms with E-state index in [0.29, 0.717) is 0 Å². The Morgan fingerprint density at radius 3 is 2.58 bits per heavy atom. The van der Waals surface area contributed by atoms with Crippen molar-refractivity contribution in [3.8, 4) is 0 Å². The second kappa shape index (κ2) is 9.58. The highest BCUT2D eigenvalue weighted by Crippen LogP contribution is 2.37. The first-order chi connectivity index (χ1) is 15.1. The normalized spacial score (nSPS) is 13.1. The van der Waals surface area contributed by atoms with Crippen LogP contribution in [0.2, 0.25) is 0 Å². The zero-order valence-corrected chi connectivity index (χ0v) is 19.5. The molecule has 0 unspecified atom stereocenters. The molecule has 3 aromatic rings. The first-order valence-corrected chi connectivity index (χ1v) is 11.7. The van der Waals surface area contributed by atoms with Crippen LogP contribution in [0, 0.1) is 6.92 Å². The van der Waals surface area contributed by atoms with Gasteiger partial charge in [0.25, 0.3) is 0 Å². The van der Waals surface area contributed by atoms with E-state index in [9.17, 15) is 0 Å². The molecule has 1 aromatic carbocycles. The molecule has 0 atom stereocenters. The van der Waals surface area contributed by atoms with Crippen LogP contribution in [-0.2, 0) is 13.0 Å². The van der Waals surface area contributed by atoms with Gasteiger partial charge in [0.1, 0.15) is 16.7 Å². The van der Waals surface area contributed by atoms with Gasteiger partial charge in [0.2, 0.25) is 0 Å². The highest BCUT2D eigenvalue weighted by Gasteiger charge is 2.20. The number of anilines is 3. The van der Waals surface area contributed by atoms with Gasteiger partial charge in [-0.15, -0.1) is 0 Å². The SMILES string of the molecule is CCN(CC)Cc1ccnc(Nc2nc3c(s2)N=C(N(C)c2ccc(C)cc2)CC3)c1. The fourth-order valence-corrected chi connectivity index (χ4v) is 4.58. The van der Waals surface area contributed by atoms with Gasteiger partial charge in [-0.1, -0.05) is 42.9 Å². The van der Waals surface area contributed by atoms with Crippen molar-refractivity contribution in [2.75, 3.05) is 30.4 Å². The number of aryl methyl sites for hydroxylation is 2. The van der Waals surface area contributed by atoms with Gasteiger partial charge in [0.15, 0.2) is 5.13 Å². The minimum absolute atomic E-state index is 0.830. The molecule has 0 bridgehead atoms. The fourth-order valence-electron chi connectivity index (χ4n) is 3.67. The number of nitrogens with one attached hydrogen (secondary N) is 1. The highest BCUT2D eigenvalue weighted by atomic mass is 32.1. The Kier molecular flexibility index (Phi) is 6.63. The van der Waals surface area contributed by atoms with Crippen molar-refractivity contribution in [3.05, 3.63) is 59.4 Å². The largest absolute Gasteiger partial charge is 0.333 e. The van der Waals surface area contributed by atoms with Crippen LogP contribution in [0.1, 0.15) is 37.1 Å². The third-order valence-corrected chi connectivity index (χ3v) is 6.57. The third-order valence-electron chi connectivity index (χ3n) is 5.66. The van der Waals surface area contributed by atoms with Gasteiger partial charge >= 0.3 is 0 Å². The number of aromatic nitrogens is 2. The van der Waals surface area contributed by atoms with Crippen molar-refractivity contribution >= 4 is 38.8 Å². The van der Waals surface area contributed by atoms with Crippen molar-refractivity contribution in [2.24, 2.45) is 4.99 Å². The molecule has 6 nitrogen and oxygen atoms in total. The molecule has 3 heterocycles. The Labute approximate surface area is 188 Å². The lowest BCUT2D eigenvalue weighted by molar-refractivity contribution is 0.296. The topological polar surface area (TPSA) is 56.7 Å².